The van der Waals surface area contributed by atoms with E-state index in [9.17, 15) is 19.8 Å². The monoisotopic (exact) mass is 528 g/mol. The minimum Gasteiger partial charge on any atom is -0.480 e. The summed E-state index contributed by atoms with van der Waals surface area (Å²) < 4.78 is 11.6. The van der Waals surface area contributed by atoms with Gasteiger partial charge in [-0.15, -0.1) is 0 Å². The van der Waals surface area contributed by atoms with Gasteiger partial charge in [0.25, 0.3) is 0 Å². The molecule has 2 aromatic rings. The molecule has 3 rings (SSSR count). The molecular weight excluding hydrogens is 488 g/mol. The minimum atomic E-state index is -0.959. The highest BCUT2D eigenvalue weighted by Crippen LogP contribution is 2.09. The summed E-state index contributed by atoms with van der Waals surface area (Å²) in [6, 6.07) is 17.6. The van der Waals surface area contributed by atoms with Crippen molar-refractivity contribution in [2.45, 2.75) is 25.3 Å². The van der Waals surface area contributed by atoms with E-state index in [4.69, 9.17) is 9.47 Å². The first kappa shape index (κ1) is 29.7. The van der Waals surface area contributed by atoms with Crippen molar-refractivity contribution in [2.24, 2.45) is 0 Å². The van der Waals surface area contributed by atoms with Gasteiger partial charge >= 0.3 is 11.9 Å². The van der Waals surface area contributed by atoms with Crippen molar-refractivity contribution >= 4 is 11.9 Å². The van der Waals surface area contributed by atoms with E-state index in [0.29, 0.717) is 52.5 Å². The number of benzene rings is 2. The lowest BCUT2D eigenvalue weighted by Crippen LogP contribution is -2.54. The van der Waals surface area contributed by atoms with Crippen molar-refractivity contribution in [1.29, 1.82) is 0 Å². The summed E-state index contributed by atoms with van der Waals surface area (Å²) in [7, 11) is 0. The molecule has 2 aromatic carbocycles. The van der Waals surface area contributed by atoms with Gasteiger partial charge in [-0.2, -0.15) is 0 Å². The molecule has 0 aliphatic carbocycles. The lowest BCUT2D eigenvalue weighted by Gasteiger charge is -2.34. The molecule has 0 aromatic heterocycles. The van der Waals surface area contributed by atoms with E-state index in [0.717, 1.165) is 24.2 Å². The van der Waals surface area contributed by atoms with Gasteiger partial charge in [-0.05, 0) is 11.1 Å². The van der Waals surface area contributed by atoms with Crippen molar-refractivity contribution in [3.63, 3.8) is 0 Å². The van der Waals surface area contributed by atoms with Crippen LogP contribution in [0.25, 0.3) is 0 Å². The van der Waals surface area contributed by atoms with Crippen LogP contribution in [0, 0.1) is 0 Å². The molecule has 1 saturated heterocycles. The average molecular weight is 529 g/mol. The smallest absolute Gasteiger partial charge is 0.323 e. The van der Waals surface area contributed by atoms with E-state index in [1.165, 1.54) is 0 Å². The van der Waals surface area contributed by atoms with Crippen LogP contribution in [-0.2, 0) is 32.3 Å². The molecule has 208 valence electrons. The number of aliphatic carboxylic acids is 2. The zero-order valence-electron chi connectivity index (χ0n) is 21.8. The first-order valence-corrected chi connectivity index (χ1v) is 13.1. The molecule has 0 amide bonds. The second-order valence-electron chi connectivity index (χ2n) is 9.28. The number of carboxylic acid groups (broad SMARTS) is 2. The minimum absolute atomic E-state index is 0.0360. The molecule has 1 fully saturated rings. The van der Waals surface area contributed by atoms with Crippen molar-refractivity contribution in [1.82, 2.24) is 20.4 Å². The van der Waals surface area contributed by atoms with Crippen LogP contribution in [0.2, 0.25) is 0 Å². The molecule has 10 heteroatoms. The third-order valence-electron chi connectivity index (χ3n) is 6.53. The zero-order valence-corrected chi connectivity index (χ0v) is 21.8. The van der Waals surface area contributed by atoms with Crippen molar-refractivity contribution < 1.29 is 29.3 Å². The molecule has 38 heavy (non-hydrogen) atoms. The van der Waals surface area contributed by atoms with E-state index in [2.05, 4.69) is 10.6 Å². The zero-order chi connectivity index (χ0) is 27.0. The largest absolute Gasteiger partial charge is 0.480 e. The topological polar surface area (TPSA) is 124 Å². The third kappa shape index (κ3) is 10.5. The molecule has 2 unspecified atom stereocenters. The van der Waals surface area contributed by atoms with E-state index in [-0.39, 0.29) is 13.2 Å². The van der Waals surface area contributed by atoms with Crippen LogP contribution in [0.5, 0.6) is 0 Å². The number of rotatable bonds is 12. The van der Waals surface area contributed by atoms with Crippen LogP contribution < -0.4 is 10.6 Å². The fourth-order valence-electron chi connectivity index (χ4n) is 4.37. The highest BCUT2D eigenvalue weighted by Gasteiger charge is 2.30. The summed E-state index contributed by atoms with van der Waals surface area (Å²) in [6.45, 7) is 5.21. The van der Waals surface area contributed by atoms with Crippen LogP contribution in [0.4, 0.5) is 0 Å². The van der Waals surface area contributed by atoms with Crippen molar-refractivity contribution in [3.05, 3.63) is 71.8 Å². The van der Waals surface area contributed by atoms with Gasteiger partial charge in [0.1, 0.15) is 12.1 Å². The van der Waals surface area contributed by atoms with Crippen molar-refractivity contribution in [2.75, 3.05) is 65.6 Å². The maximum atomic E-state index is 12.2. The van der Waals surface area contributed by atoms with Crippen LogP contribution in [0.3, 0.4) is 0 Å². The van der Waals surface area contributed by atoms with Gasteiger partial charge < -0.3 is 30.3 Å². The van der Waals surface area contributed by atoms with Gasteiger partial charge in [0.15, 0.2) is 0 Å². The Hall–Kier alpha value is -2.86. The molecule has 0 radical (unpaired) electrons. The number of ether oxygens (including phenoxy) is 2. The second-order valence-corrected chi connectivity index (χ2v) is 9.28. The number of carboxylic acids is 2. The average Bonchev–Trinajstić information content (AvgIpc) is 2.91. The molecule has 2 atom stereocenters. The van der Waals surface area contributed by atoms with Gasteiger partial charge in [-0.25, -0.2) is 0 Å². The van der Waals surface area contributed by atoms with Crippen LogP contribution >= 0.6 is 0 Å². The first-order chi connectivity index (χ1) is 18.5. The molecule has 0 bridgehead atoms. The molecule has 0 saturated carbocycles. The normalized spacial score (nSPS) is 18.1. The number of nitrogens with zero attached hydrogens (tertiary/aromatic N) is 2. The van der Waals surface area contributed by atoms with Gasteiger partial charge in [-0.3, -0.25) is 19.4 Å². The Kier molecular flexibility index (Phi) is 13.2. The number of hydrogen-bond donors (Lipinski definition) is 4. The number of carbonyl (C=O) groups is 2. The Morgan fingerprint density at radius 1 is 0.658 bits per heavy atom. The van der Waals surface area contributed by atoms with Crippen LogP contribution in [0.15, 0.2) is 60.7 Å². The van der Waals surface area contributed by atoms with E-state index in [1.54, 1.807) is 0 Å². The highest BCUT2D eigenvalue weighted by molar-refractivity contribution is 5.74. The Labute approximate surface area is 224 Å². The maximum absolute atomic E-state index is 12.2. The predicted octanol–water partition coefficient (Wildman–Crippen LogP) is 1.12. The second kappa shape index (κ2) is 16.9. The molecule has 1 aliphatic heterocycles. The van der Waals surface area contributed by atoms with E-state index < -0.39 is 24.0 Å². The molecule has 0 spiro atoms. The third-order valence-corrected chi connectivity index (χ3v) is 6.53. The van der Waals surface area contributed by atoms with Crippen molar-refractivity contribution in [3.8, 4) is 0 Å². The van der Waals surface area contributed by atoms with E-state index in [1.807, 2.05) is 70.5 Å². The Balaban J connectivity index is 1.64. The summed E-state index contributed by atoms with van der Waals surface area (Å²) in [5, 5.41) is 26.7. The fourth-order valence-corrected chi connectivity index (χ4v) is 4.37. The number of hydrogen-bond acceptors (Lipinski definition) is 8. The predicted molar refractivity (Wildman–Crippen MR) is 144 cm³/mol. The van der Waals surface area contributed by atoms with Crippen LogP contribution in [0.1, 0.15) is 11.1 Å². The van der Waals surface area contributed by atoms with Crippen LogP contribution in [-0.4, -0.2) is 110 Å². The van der Waals surface area contributed by atoms with Gasteiger partial charge in [-0.1, -0.05) is 60.7 Å². The quantitative estimate of drug-likeness (QED) is 0.319. The van der Waals surface area contributed by atoms with Gasteiger partial charge in [0, 0.05) is 52.4 Å². The molecule has 1 heterocycles. The lowest BCUT2D eigenvalue weighted by molar-refractivity contribution is -0.149. The summed E-state index contributed by atoms with van der Waals surface area (Å²) in [4.78, 5) is 28.2. The molecule has 1 aliphatic rings. The Morgan fingerprint density at radius 2 is 1.05 bits per heavy atom. The Morgan fingerprint density at radius 3 is 1.42 bits per heavy atom. The van der Waals surface area contributed by atoms with Gasteiger partial charge in [0.2, 0.25) is 0 Å². The van der Waals surface area contributed by atoms with E-state index >= 15 is 0 Å². The Bertz CT molecular complexity index is 871. The first-order valence-electron chi connectivity index (χ1n) is 13.1. The molecular formula is C28H40N4O6. The summed E-state index contributed by atoms with van der Waals surface area (Å²) in [6.07, 6.45) is 0. The summed E-state index contributed by atoms with van der Waals surface area (Å²) >= 11 is 0. The maximum Gasteiger partial charge on any atom is 0.323 e. The molecule has 10 nitrogen and oxygen atoms in total. The summed E-state index contributed by atoms with van der Waals surface area (Å²) in [5.74, 6) is -1.92. The highest BCUT2D eigenvalue weighted by atomic mass is 16.5. The summed E-state index contributed by atoms with van der Waals surface area (Å²) in [5.41, 5.74) is 1.95. The lowest BCUT2D eigenvalue weighted by atomic mass is 10.2. The number of nitrogens with one attached hydrogen (secondary N) is 2. The molecule has 4 N–H and O–H groups in total. The van der Waals surface area contributed by atoms with Gasteiger partial charge in [0.05, 0.1) is 26.4 Å². The fraction of sp³-hybridized carbons (Fsp3) is 0.500. The standard InChI is InChI=1S/C28H40N4O6/c33-27(34)25(21-37-19-23-7-3-1-4-8-23)31-15-13-29-11-12-30-14-16-32(18-17-31)26(28(35)36)22-38-20-24-9-5-2-6-10-24/h1-10,25-26,29-30H,11-22H2,(H,33,34)(H,35,36). The SMILES string of the molecule is O=C(O)C(COCc1ccccc1)N1CCNCCNCCN(C(COCc2ccccc2)C(=O)O)CC1.